The van der Waals surface area contributed by atoms with Crippen LogP contribution in [0.4, 0.5) is 0 Å². The van der Waals surface area contributed by atoms with Crippen LogP contribution in [0.2, 0.25) is 0 Å². The summed E-state index contributed by atoms with van der Waals surface area (Å²) in [6.45, 7) is 1.46. The summed E-state index contributed by atoms with van der Waals surface area (Å²) < 4.78 is 5.55. The summed E-state index contributed by atoms with van der Waals surface area (Å²) in [7, 11) is 1.80. The number of likely N-dealkylation sites (N-methyl/N-ethyl adjacent to an activating group) is 1. The molecule has 108 valence electrons. The van der Waals surface area contributed by atoms with Gasteiger partial charge < -0.3 is 14.7 Å². The highest BCUT2D eigenvalue weighted by Gasteiger charge is 2.22. The molecule has 1 saturated heterocycles. The van der Waals surface area contributed by atoms with Crippen LogP contribution in [0.5, 0.6) is 0 Å². The SMILES string of the molecule is CN(CC1CCCO1)C(=O)c1sccc1C#CCCO. The Morgan fingerprint density at radius 2 is 2.50 bits per heavy atom. The third-order valence-corrected chi connectivity index (χ3v) is 4.07. The molecule has 1 aliphatic rings. The molecule has 1 amide bonds. The quantitative estimate of drug-likeness (QED) is 0.860. The molecule has 4 nitrogen and oxygen atoms in total. The lowest BCUT2D eigenvalue weighted by Gasteiger charge is -2.20. The number of carbonyl (C=O) groups excluding carboxylic acids is 1. The van der Waals surface area contributed by atoms with Crippen LogP contribution in [-0.4, -0.2) is 48.8 Å². The first-order valence-corrected chi connectivity index (χ1v) is 7.64. The fourth-order valence-corrected chi connectivity index (χ4v) is 2.98. The summed E-state index contributed by atoms with van der Waals surface area (Å²) in [6, 6.07) is 1.85. The number of rotatable bonds is 4. The van der Waals surface area contributed by atoms with E-state index in [-0.39, 0.29) is 18.6 Å². The van der Waals surface area contributed by atoms with Crippen LogP contribution in [0, 0.1) is 11.8 Å². The van der Waals surface area contributed by atoms with Gasteiger partial charge >= 0.3 is 0 Å². The van der Waals surface area contributed by atoms with Crippen molar-refractivity contribution in [3.05, 3.63) is 21.9 Å². The third-order valence-electron chi connectivity index (χ3n) is 3.17. The van der Waals surface area contributed by atoms with Crippen molar-refractivity contribution in [2.24, 2.45) is 0 Å². The van der Waals surface area contributed by atoms with Gasteiger partial charge in [0.05, 0.1) is 12.7 Å². The van der Waals surface area contributed by atoms with E-state index in [1.807, 2.05) is 11.4 Å². The van der Waals surface area contributed by atoms with Crippen LogP contribution >= 0.6 is 11.3 Å². The van der Waals surface area contributed by atoms with Gasteiger partial charge in [0.2, 0.25) is 0 Å². The van der Waals surface area contributed by atoms with Gasteiger partial charge in [-0.1, -0.05) is 11.8 Å². The second-order valence-corrected chi connectivity index (χ2v) is 5.68. The fourth-order valence-electron chi connectivity index (χ4n) is 2.14. The molecule has 1 unspecified atom stereocenters. The molecule has 1 atom stereocenters. The zero-order valence-electron chi connectivity index (χ0n) is 11.6. The smallest absolute Gasteiger partial charge is 0.265 e. The Hall–Kier alpha value is -1.35. The minimum atomic E-state index is -0.0104. The molecule has 1 fully saturated rings. The van der Waals surface area contributed by atoms with Crippen LogP contribution in [0.15, 0.2) is 11.4 Å². The lowest BCUT2D eigenvalue weighted by Crippen LogP contribution is -2.33. The molecule has 1 N–H and O–H groups in total. The maximum Gasteiger partial charge on any atom is 0.265 e. The van der Waals surface area contributed by atoms with E-state index in [0.717, 1.165) is 25.0 Å². The van der Waals surface area contributed by atoms with Crippen LogP contribution in [0.1, 0.15) is 34.5 Å². The van der Waals surface area contributed by atoms with Crippen molar-refractivity contribution >= 4 is 17.2 Å². The minimum Gasteiger partial charge on any atom is -0.395 e. The molecule has 20 heavy (non-hydrogen) atoms. The third kappa shape index (κ3) is 3.83. The Labute approximate surface area is 123 Å². The Morgan fingerprint density at radius 3 is 3.20 bits per heavy atom. The Morgan fingerprint density at radius 1 is 1.65 bits per heavy atom. The Bertz CT molecular complexity index is 509. The van der Waals surface area contributed by atoms with E-state index in [4.69, 9.17) is 9.84 Å². The summed E-state index contributed by atoms with van der Waals surface area (Å²) in [5, 5.41) is 10.6. The van der Waals surface area contributed by atoms with E-state index >= 15 is 0 Å². The zero-order chi connectivity index (χ0) is 14.4. The number of aliphatic hydroxyl groups excluding tert-OH is 1. The first-order chi connectivity index (χ1) is 9.72. The molecule has 0 aliphatic carbocycles. The molecule has 0 spiro atoms. The highest BCUT2D eigenvalue weighted by Crippen LogP contribution is 2.19. The average molecular weight is 293 g/mol. The predicted octanol–water partition coefficient (Wildman–Crippen LogP) is 1.73. The van der Waals surface area contributed by atoms with Crippen molar-refractivity contribution in [3.63, 3.8) is 0 Å². The first kappa shape index (κ1) is 15.0. The maximum absolute atomic E-state index is 12.4. The zero-order valence-corrected chi connectivity index (χ0v) is 12.4. The average Bonchev–Trinajstić information content (AvgIpc) is 3.09. The van der Waals surface area contributed by atoms with Gasteiger partial charge in [0.25, 0.3) is 5.91 Å². The van der Waals surface area contributed by atoms with Gasteiger partial charge in [-0.3, -0.25) is 4.79 Å². The Balaban J connectivity index is 2.01. The van der Waals surface area contributed by atoms with Gasteiger partial charge in [0.1, 0.15) is 4.88 Å². The van der Waals surface area contributed by atoms with E-state index in [0.29, 0.717) is 17.8 Å². The van der Waals surface area contributed by atoms with Gasteiger partial charge in [0, 0.05) is 32.2 Å². The molecule has 2 heterocycles. The molecule has 0 bridgehead atoms. The molecule has 0 saturated carbocycles. The Kier molecular flexibility index (Phi) is 5.60. The molecule has 2 rings (SSSR count). The highest BCUT2D eigenvalue weighted by atomic mass is 32.1. The first-order valence-electron chi connectivity index (χ1n) is 6.76. The van der Waals surface area contributed by atoms with Crippen LogP contribution in [-0.2, 0) is 4.74 Å². The molecule has 0 radical (unpaired) electrons. The normalized spacial score (nSPS) is 17.6. The minimum absolute atomic E-state index is 0.0104. The fraction of sp³-hybridized carbons (Fsp3) is 0.533. The molecular weight excluding hydrogens is 274 g/mol. The van der Waals surface area contributed by atoms with Gasteiger partial charge in [-0.15, -0.1) is 11.3 Å². The largest absolute Gasteiger partial charge is 0.395 e. The highest BCUT2D eigenvalue weighted by molar-refractivity contribution is 7.12. The van der Waals surface area contributed by atoms with Gasteiger partial charge in [-0.05, 0) is 24.3 Å². The predicted molar refractivity (Wildman–Crippen MR) is 78.8 cm³/mol. The van der Waals surface area contributed by atoms with Crippen LogP contribution in [0.3, 0.4) is 0 Å². The number of carbonyl (C=O) groups is 1. The number of amides is 1. The maximum atomic E-state index is 12.4. The lowest BCUT2D eigenvalue weighted by atomic mass is 10.2. The van der Waals surface area contributed by atoms with E-state index in [9.17, 15) is 4.79 Å². The molecule has 5 heteroatoms. The lowest BCUT2D eigenvalue weighted by molar-refractivity contribution is 0.0590. The summed E-state index contributed by atoms with van der Waals surface area (Å²) in [6.07, 6.45) is 2.68. The number of hydrogen-bond donors (Lipinski definition) is 1. The van der Waals surface area contributed by atoms with Crippen LogP contribution in [0.25, 0.3) is 0 Å². The van der Waals surface area contributed by atoms with Crippen molar-refractivity contribution in [1.29, 1.82) is 0 Å². The molecular formula is C15H19NO3S. The van der Waals surface area contributed by atoms with Gasteiger partial charge in [0.15, 0.2) is 0 Å². The second kappa shape index (κ2) is 7.44. The standard InChI is InChI=1S/C15H19NO3S/c1-16(11-13-6-4-9-19-13)15(18)14-12(7-10-20-14)5-2-3-8-17/h7,10,13,17H,3-4,6,8-9,11H2,1H3. The number of thiophene rings is 1. The summed E-state index contributed by atoms with van der Waals surface area (Å²) in [5.41, 5.74) is 0.743. The van der Waals surface area contributed by atoms with Gasteiger partial charge in [-0.2, -0.15) is 0 Å². The number of nitrogens with zero attached hydrogens (tertiary/aromatic N) is 1. The van der Waals surface area contributed by atoms with Crippen molar-refractivity contribution in [2.75, 3.05) is 26.8 Å². The van der Waals surface area contributed by atoms with Crippen molar-refractivity contribution < 1.29 is 14.6 Å². The summed E-state index contributed by atoms with van der Waals surface area (Å²) in [5.74, 6) is 5.79. The summed E-state index contributed by atoms with van der Waals surface area (Å²) in [4.78, 5) is 14.8. The van der Waals surface area contributed by atoms with Gasteiger partial charge in [-0.25, -0.2) is 0 Å². The van der Waals surface area contributed by atoms with E-state index in [1.54, 1.807) is 11.9 Å². The van der Waals surface area contributed by atoms with Crippen LogP contribution < -0.4 is 0 Å². The topological polar surface area (TPSA) is 49.8 Å². The molecule has 1 aliphatic heterocycles. The van der Waals surface area contributed by atoms with E-state index < -0.39 is 0 Å². The number of ether oxygens (including phenoxy) is 1. The molecule has 1 aromatic heterocycles. The molecule has 0 aromatic carbocycles. The van der Waals surface area contributed by atoms with E-state index in [1.165, 1.54) is 11.3 Å². The van der Waals surface area contributed by atoms with Crippen molar-refractivity contribution in [1.82, 2.24) is 4.90 Å². The number of hydrogen-bond acceptors (Lipinski definition) is 4. The monoisotopic (exact) mass is 293 g/mol. The van der Waals surface area contributed by atoms with Crippen molar-refractivity contribution in [2.45, 2.75) is 25.4 Å². The van der Waals surface area contributed by atoms with Crippen molar-refractivity contribution in [3.8, 4) is 11.8 Å². The number of aliphatic hydroxyl groups is 1. The second-order valence-electron chi connectivity index (χ2n) is 4.76. The summed E-state index contributed by atoms with van der Waals surface area (Å²) >= 11 is 1.40. The molecule has 1 aromatic rings. The van der Waals surface area contributed by atoms with E-state index in [2.05, 4.69) is 11.8 Å².